The molecule has 2 atom stereocenters. The number of hydrogen-bond acceptors (Lipinski definition) is 4. The molecular formula is C16H22N4S. The highest BCUT2D eigenvalue weighted by Crippen LogP contribution is 2.39. The molecule has 2 aromatic heterocycles. The molecule has 112 valence electrons. The molecule has 4 nitrogen and oxygen atoms in total. The van der Waals surface area contributed by atoms with E-state index < -0.39 is 0 Å². The molecule has 0 bridgehead atoms. The third-order valence-electron chi connectivity index (χ3n) is 4.58. The molecule has 21 heavy (non-hydrogen) atoms. The molecule has 0 aliphatic carbocycles. The molecule has 0 aromatic carbocycles. The Kier molecular flexibility index (Phi) is 3.86. The van der Waals surface area contributed by atoms with E-state index >= 15 is 0 Å². The first-order chi connectivity index (χ1) is 10.4. The molecule has 0 amide bonds. The second-order valence-corrected chi connectivity index (χ2v) is 7.34. The molecule has 0 saturated carbocycles. The summed E-state index contributed by atoms with van der Waals surface area (Å²) in [5.74, 6) is 3.06. The maximum Gasteiger partial charge on any atom is 0.160 e. The van der Waals surface area contributed by atoms with Crippen molar-refractivity contribution in [2.24, 2.45) is 0 Å². The fourth-order valence-electron chi connectivity index (χ4n) is 3.52. The third kappa shape index (κ3) is 2.57. The standard InChI is InChI=1S/C16H22N4S/c1-2-10-21-14(7-1)20-15(12-5-3-8-17-11-12)19-13-6-4-9-18-16(13)20/h4,6,9,12,14,17H,1-3,5,7-8,10-11H2. The van der Waals surface area contributed by atoms with E-state index in [1.165, 1.54) is 43.7 Å². The lowest BCUT2D eigenvalue weighted by Gasteiger charge is -2.28. The molecule has 4 rings (SSSR count). The van der Waals surface area contributed by atoms with Gasteiger partial charge in [0.15, 0.2) is 5.65 Å². The highest BCUT2D eigenvalue weighted by Gasteiger charge is 2.27. The average molecular weight is 302 g/mol. The number of rotatable bonds is 2. The lowest BCUT2D eigenvalue weighted by atomic mass is 9.99. The minimum Gasteiger partial charge on any atom is -0.316 e. The van der Waals surface area contributed by atoms with E-state index in [1.54, 1.807) is 0 Å². The molecule has 0 radical (unpaired) electrons. The molecule has 2 fully saturated rings. The Morgan fingerprint density at radius 2 is 2.24 bits per heavy atom. The van der Waals surface area contributed by atoms with E-state index in [2.05, 4.69) is 32.7 Å². The van der Waals surface area contributed by atoms with Gasteiger partial charge in [0, 0.05) is 18.7 Å². The van der Waals surface area contributed by atoms with E-state index in [0.717, 1.165) is 24.3 Å². The van der Waals surface area contributed by atoms with Crippen LogP contribution in [0.1, 0.15) is 49.2 Å². The Morgan fingerprint density at radius 3 is 3.05 bits per heavy atom. The van der Waals surface area contributed by atoms with E-state index in [0.29, 0.717) is 11.3 Å². The molecule has 5 heteroatoms. The Balaban J connectivity index is 1.79. The Morgan fingerprint density at radius 1 is 1.24 bits per heavy atom. The van der Waals surface area contributed by atoms with Crippen LogP contribution in [0.2, 0.25) is 0 Å². The van der Waals surface area contributed by atoms with E-state index in [-0.39, 0.29) is 0 Å². The van der Waals surface area contributed by atoms with Gasteiger partial charge in [-0.05, 0) is 56.5 Å². The van der Waals surface area contributed by atoms with Crippen molar-refractivity contribution < 1.29 is 0 Å². The van der Waals surface area contributed by atoms with Crippen LogP contribution in [0.3, 0.4) is 0 Å². The van der Waals surface area contributed by atoms with Gasteiger partial charge in [-0.3, -0.25) is 4.57 Å². The Hall–Kier alpha value is -1.07. The topological polar surface area (TPSA) is 42.7 Å². The number of thioether (sulfide) groups is 1. The average Bonchev–Trinajstić information content (AvgIpc) is 2.96. The molecule has 4 heterocycles. The molecule has 1 N–H and O–H groups in total. The molecular weight excluding hydrogens is 280 g/mol. The molecule has 2 saturated heterocycles. The van der Waals surface area contributed by atoms with Crippen LogP contribution in [0.5, 0.6) is 0 Å². The molecule has 0 spiro atoms. The summed E-state index contributed by atoms with van der Waals surface area (Å²) < 4.78 is 2.46. The fraction of sp³-hybridized carbons (Fsp3) is 0.625. The Bertz CT molecular complexity index is 612. The quantitative estimate of drug-likeness (QED) is 0.924. The van der Waals surface area contributed by atoms with Crippen LogP contribution in [0, 0.1) is 0 Å². The summed E-state index contributed by atoms with van der Waals surface area (Å²) in [6, 6.07) is 4.10. The molecule has 2 unspecified atom stereocenters. The summed E-state index contributed by atoms with van der Waals surface area (Å²) >= 11 is 2.08. The molecule has 2 aliphatic rings. The normalized spacial score (nSPS) is 27.0. The number of imidazole rings is 1. The van der Waals surface area contributed by atoms with Gasteiger partial charge in [-0.15, -0.1) is 11.8 Å². The van der Waals surface area contributed by atoms with Gasteiger partial charge in [-0.1, -0.05) is 0 Å². The van der Waals surface area contributed by atoms with Crippen LogP contribution < -0.4 is 5.32 Å². The van der Waals surface area contributed by atoms with Gasteiger partial charge in [-0.25, -0.2) is 9.97 Å². The van der Waals surface area contributed by atoms with Crippen LogP contribution in [-0.2, 0) is 0 Å². The smallest absolute Gasteiger partial charge is 0.160 e. The first-order valence-electron chi connectivity index (χ1n) is 8.08. The van der Waals surface area contributed by atoms with Crippen molar-refractivity contribution in [3.05, 3.63) is 24.2 Å². The van der Waals surface area contributed by atoms with Crippen molar-refractivity contribution in [2.45, 2.75) is 43.4 Å². The van der Waals surface area contributed by atoms with Crippen LogP contribution in [0.25, 0.3) is 11.2 Å². The van der Waals surface area contributed by atoms with Crippen molar-refractivity contribution in [3.63, 3.8) is 0 Å². The fourth-order valence-corrected chi connectivity index (χ4v) is 4.85. The maximum atomic E-state index is 4.96. The van der Waals surface area contributed by atoms with Gasteiger partial charge in [0.05, 0.1) is 5.37 Å². The van der Waals surface area contributed by atoms with E-state index in [1.807, 2.05) is 12.3 Å². The first kappa shape index (κ1) is 13.6. The van der Waals surface area contributed by atoms with E-state index in [9.17, 15) is 0 Å². The van der Waals surface area contributed by atoms with Crippen LogP contribution in [0.15, 0.2) is 18.3 Å². The van der Waals surface area contributed by atoms with Gasteiger partial charge >= 0.3 is 0 Å². The summed E-state index contributed by atoms with van der Waals surface area (Å²) in [7, 11) is 0. The van der Waals surface area contributed by atoms with Crippen molar-refractivity contribution in [3.8, 4) is 0 Å². The number of fused-ring (bicyclic) bond motifs is 1. The summed E-state index contributed by atoms with van der Waals surface area (Å²) in [4.78, 5) is 9.60. The molecule has 2 aromatic rings. The first-order valence-corrected chi connectivity index (χ1v) is 9.13. The zero-order valence-electron chi connectivity index (χ0n) is 12.3. The Labute approximate surface area is 129 Å². The van der Waals surface area contributed by atoms with Gasteiger partial charge in [0.1, 0.15) is 11.3 Å². The monoisotopic (exact) mass is 302 g/mol. The van der Waals surface area contributed by atoms with Crippen molar-refractivity contribution >= 4 is 22.9 Å². The maximum absolute atomic E-state index is 4.96. The van der Waals surface area contributed by atoms with E-state index in [4.69, 9.17) is 4.98 Å². The number of pyridine rings is 1. The lowest BCUT2D eigenvalue weighted by Crippen LogP contribution is -2.30. The highest BCUT2D eigenvalue weighted by molar-refractivity contribution is 7.99. The second-order valence-electron chi connectivity index (χ2n) is 6.05. The third-order valence-corrected chi connectivity index (χ3v) is 5.94. The summed E-state index contributed by atoms with van der Waals surface area (Å²) in [6.45, 7) is 2.20. The van der Waals surface area contributed by atoms with Crippen molar-refractivity contribution in [1.29, 1.82) is 0 Å². The minimum absolute atomic E-state index is 0.524. The van der Waals surface area contributed by atoms with Crippen LogP contribution in [0.4, 0.5) is 0 Å². The second kappa shape index (κ2) is 5.97. The van der Waals surface area contributed by atoms with Gasteiger partial charge < -0.3 is 5.32 Å². The SMILES string of the molecule is c1cnc2c(c1)nc(C1CCCNC1)n2C1CCCCS1. The highest BCUT2D eigenvalue weighted by atomic mass is 32.2. The number of nitrogens with one attached hydrogen (secondary N) is 1. The van der Waals surface area contributed by atoms with Crippen LogP contribution in [-0.4, -0.2) is 33.4 Å². The van der Waals surface area contributed by atoms with Gasteiger partial charge in [-0.2, -0.15) is 0 Å². The predicted molar refractivity (Wildman–Crippen MR) is 87.7 cm³/mol. The van der Waals surface area contributed by atoms with Crippen molar-refractivity contribution in [2.75, 3.05) is 18.8 Å². The molecule has 2 aliphatic heterocycles. The minimum atomic E-state index is 0.524. The number of aromatic nitrogens is 3. The van der Waals surface area contributed by atoms with Gasteiger partial charge in [0.2, 0.25) is 0 Å². The zero-order valence-corrected chi connectivity index (χ0v) is 13.1. The summed E-state index contributed by atoms with van der Waals surface area (Å²) in [6.07, 6.45) is 8.32. The summed E-state index contributed by atoms with van der Waals surface area (Å²) in [5.41, 5.74) is 2.14. The largest absolute Gasteiger partial charge is 0.316 e. The number of nitrogens with zero attached hydrogens (tertiary/aromatic N) is 3. The van der Waals surface area contributed by atoms with Gasteiger partial charge in [0.25, 0.3) is 0 Å². The summed E-state index contributed by atoms with van der Waals surface area (Å²) in [5, 5.41) is 4.05. The number of hydrogen-bond donors (Lipinski definition) is 1. The predicted octanol–water partition coefficient (Wildman–Crippen LogP) is 3.31. The van der Waals surface area contributed by atoms with Crippen LogP contribution >= 0.6 is 11.8 Å². The zero-order chi connectivity index (χ0) is 14.1. The van der Waals surface area contributed by atoms with Crippen molar-refractivity contribution in [1.82, 2.24) is 19.9 Å². The lowest BCUT2D eigenvalue weighted by molar-refractivity contribution is 0.427. The number of piperidine rings is 1.